The molecule has 1 unspecified atom stereocenters. The molecule has 0 heterocycles. The molecular formula is C21H24N2. The Morgan fingerprint density at radius 3 is 2.30 bits per heavy atom. The summed E-state index contributed by atoms with van der Waals surface area (Å²) in [5.41, 5.74) is 3.31. The lowest BCUT2D eigenvalue weighted by Crippen LogP contribution is -2.34. The van der Waals surface area contributed by atoms with Crippen molar-refractivity contribution in [3.63, 3.8) is 0 Å². The van der Waals surface area contributed by atoms with Crippen LogP contribution < -0.4 is 0 Å². The second kappa shape index (κ2) is 8.14. The van der Waals surface area contributed by atoms with Crippen molar-refractivity contribution in [2.75, 3.05) is 7.05 Å². The van der Waals surface area contributed by atoms with E-state index in [2.05, 4.69) is 43.8 Å². The fourth-order valence-electron chi connectivity index (χ4n) is 2.41. The number of nitrogens with zero attached hydrogens (tertiary/aromatic N) is 1. The van der Waals surface area contributed by atoms with Gasteiger partial charge in [0.25, 0.3) is 0 Å². The molecule has 0 aliphatic heterocycles. The highest BCUT2D eigenvalue weighted by Gasteiger charge is 2.13. The van der Waals surface area contributed by atoms with Gasteiger partial charge in [-0.1, -0.05) is 79.4 Å². The number of allylic oxidation sites excluding steroid dienone is 2. The van der Waals surface area contributed by atoms with E-state index in [1.807, 2.05) is 48.4 Å². The summed E-state index contributed by atoms with van der Waals surface area (Å²) in [6.45, 7) is 5.80. The molecule has 2 aromatic carbocycles. The van der Waals surface area contributed by atoms with Crippen LogP contribution in [0.4, 0.5) is 0 Å². The van der Waals surface area contributed by atoms with Crippen LogP contribution in [0.5, 0.6) is 0 Å². The van der Waals surface area contributed by atoms with Crippen molar-refractivity contribution in [3.05, 3.63) is 85.0 Å². The summed E-state index contributed by atoms with van der Waals surface area (Å²) in [6, 6.07) is 18.8. The molecule has 0 aromatic heterocycles. The molecule has 0 spiro atoms. The van der Waals surface area contributed by atoms with Gasteiger partial charge in [-0.3, -0.25) is 5.41 Å². The summed E-state index contributed by atoms with van der Waals surface area (Å²) in [7, 11) is 1.97. The molecule has 0 saturated carbocycles. The van der Waals surface area contributed by atoms with Gasteiger partial charge in [-0.2, -0.15) is 0 Å². The molecule has 0 radical (unpaired) electrons. The Hall–Kier alpha value is -2.61. The molecule has 0 saturated heterocycles. The first-order valence-corrected chi connectivity index (χ1v) is 7.88. The molecule has 1 N–H and O–H groups in total. The van der Waals surface area contributed by atoms with Crippen molar-refractivity contribution in [2.24, 2.45) is 0 Å². The smallest absolute Gasteiger partial charge is 0.128 e. The first-order valence-electron chi connectivity index (χ1n) is 7.88. The van der Waals surface area contributed by atoms with Gasteiger partial charge in [0, 0.05) is 18.7 Å². The Balaban J connectivity index is 2.08. The van der Waals surface area contributed by atoms with E-state index >= 15 is 0 Å². The van der Waals surface area contributed by atoms with Crippen molar-refractivity contribution < 1.29 is 0 Å². The number of amidine groups is 1. The molecule has 0 aliphatic carbocycles. The second-order valence-electron chi connectivity index (χ2n) is 5.65. The van der Waals surface area contributed by atoms with Gasteiger partial charge < -0.3 is 4.90 Å². The van der Waals surface area contributed by atoms with Crippen LogP contribution in [-0.4, -0.2) is 23.8 Å². The van der Waals surface area contributed by atoms with E-state index in [-0.39, 0.29) is 6.04 Å². The van der Waals surface area contributed by atoms with Crippen LogP contribution in [-0.2, 0) is 0 Å². The van der Waals surface area contributed by atoms with Crippen molar-refractivity contribution in [1.82, 2.24) is 4.90 Å². The number of rotatable bonds is 6. The van der Waals surface area contributed by atoms with Gasteiger partial charge in [-0.05, 0) is 24.5 Å². The Bertz CT molecular complexity index is 669. The molecule has 118 valence electrons. The largest absolute Gasteiger partial charge is 0.357 e. The lowest BCUT2D eigenvalue weighted by Gasteiger charge is -2.26. The van der Waals surface area contributed by atoms with Crippen molar-refractivity contribution in [1.29, 1.82) is 5.41 Å². The summed E-state index contributed by atoms with van der Waals surface area (Å²) in [6.07, 6.45) is 6.70. The third kappa shape index (κ3) is 4.43. The number of hydrogen-bond acceptors (Lipinski definition) is 1. The van der Waals surface area contributed by atoms with E-state index in [1.54, 1.807) is 6.08 Å². The minimum atomic E-state index is 0.271. The molecule has 23 heavy (non-hydrogen) atoms. The molecule has 2 rings (SSSR count). The van der Waals surface area contributed by atoms with E-state index in [9.17, 15) is 0 Å². The van der Waals surface area contributed by atoms with Gasteiger partial charge in [0.2, 0.25) is 0 Å². The molecule has 0 fully saturated rings. The SMILES string of the molecule is C=C/C=C\CC(C)N(C)C(=N)c1ccc(-c2ccccc2)cc1. The summed E-state index contributed by atoms with van der Waals surface area (Å²) < 4.78 is 0. The summed E-state index contributed by atoms with van der Waals surface area (Å²) in [5.74, 6) is 0.545. The summed E-state index contributed by atoms with van der Waals surface area (Å²) in [4.78, 5) is 2.00. The van der Waals surface area contributed by atoms with Gasteiger partial charge >= 0.3 is 0 Å². The maximum Gasteiger partial charge on any atom is 0.128 e. The average Bonchev–Trinajstić information content (AvgIpc) is 2.61. The maximum atomic E-state index is 8.40. The van der Waals surface area contributed by atoms with E-state index in [4.69, 9.17) is 5.41 Å². The maximum absolute atomic E-state index is 8.40. The Morgan fingerprint density at radius 1 is 1.09 bits per heavy atom. The summed E-state index contributed by atoms with van der Waals surface area (Å²) >= 11 is 0. The Kier molecular flexibility index (Phi) is 5.93. The molecular weight excluding hydrogens is 280 g/mol. The van der Waals surface area contributed by atoms with Gasteiger partial charge in [0.1, 0.15) is 5.84 Å². The fourth-order valence-corrected chi connectivity index (χ4v) is 2.41. The van der Waals surface area contributed by atoms with E-state index in [0.717, 1.165) is 12.0 Å². The molecule has 0 aliphatic rings. The first-order chi connectivity index (χ1) is 11.1. The van der Waals surface area contributed by atoms with Crippen LogP contribution in [0.2, 0.25) is 0 Å². The highest BCUT2D eigenvalue weighted by molar-refractivity contribution is 5.96. The van der Waals surface area contributed by atoms with Crippen LogP contribution in [0.3, 0.4) is 0 Å². The number of benzene rings is 2. The van der Waals surface area contributed by atoms with Crippen LogP contribution in [0.15, 0.2) is 79.4 Å². The van der Waals surface area contributed by atoms with Crippen molar-refractivity contribution >= 4 is 5.84 Å². The topological polar surface area (TPSA) is 27.1 Å². The lowest BCUT2D eigenvalue weighted by atomic mass is 10.0. The zero-order chi connectivity index (χ0) is 16.7. The molecule has 2 aromatic rings. The van der Waals surface area contributed by atoms with Crippen molar-refractivity contribution in [2.45, 2.75) is 19.4 Å². The Labute approximate surface area is 139 Å². The monoisotopic (exact) mass is 304 g/mol. The zero-order valence-electron chi connectivity index (χ0n) is 13.9. The Morgan fingerprint density at radius 2 is 1.70 bits per heavy atom. The van der Waals surface area contributed by atoms with Crippen LogP contribution in [0, 0.1) is 5.41 Å². The first kappa shape index (κ1) is 16.8. The van der Waals surface area contributed by atoms with Crippen LogP contribution >= 0.6 is 0 Å². The van der Waals surface area contributed by atoms with E-state index < -0.39 is 0 Å². The third-order valence-corrected chi connectivity index (χ3v) is 4.03. The summed E-state index contributed by atoms with van der Waals surface area (Å²) in [5, 5.41) is 8.40. The highest BCUT2D eigenvalue weighted by atomic mass is 15.2. The van der Waals surface area contributed by atoms with Gasteiger partial charge in [-0.25, -0.2) is 0 Å². The van der Waals surface area contributed by atoms with Gasteiger partial charge in [-0.15, -0.1) is 0 Å². The third-order valence-electron chi connectivity index (χ3n) is 4.03. The minimum Gasteiger partial charge on any atom is -0.357 e. The van der Waals surface area contributed by atoms with Crippen LogP contribution in [0.25, 0.3) is 11.1 Å². The molecule has 0 amide bonds. The fraction of sp³-hybridized carbons (Fsp3) is 0.190. The number of nitrogens with one attached hydrogen (secondary N) is 1. The van der Waals surface area contributed by atoms with Gasteiger partial charge in [0.05, 0.1) is 0 Å². The van der Waals surface area contributed by atoms with E-state index in [1.165, 1.54) is 11.1 Å². The normalized spacial score (nSPS) is 12.1. The average molecular weight is 304 g/mol. The second-order valence-corrected chi connectivity index (χ2v) is 5.65. The highest BCUT2D eigenvalue weighted by Crippen LogP contribution is 2.20. The van der Waals surface area contributed by atoms with E-state index in [0.29, 0.717) is 5.84 Å². The molecule has 0 bridgehead atoms. The van der Waals surface area contributed by atoms with Crippen molar-refractivity contribution in [3.8, 4) is 11.1 Å². The molecule has 2 nitrogen and oxygen atoms in total. The predicted octanol–water partition coefficient (Wildman–Crippen LogP) is 5.13. The molecule has 1 atom stereocenters. The lowest BCUT2D eigenvalue weighted by molar-refractivity contribution is 0.391. The van der Waals surface area contributed by atoms with Crippen LogP contribution in [0.1, 0.15) is 18.9 Å². The standard InChI is InChI=1S/C21H24N2/c1-4-5-7-10-17(2)23(3)21(22)20-15-13-19(14-16-20)18-11-8-6-9-12-18/h4-9,11-17,22H,1,10H2,2-3H3/b7-5-,22-21?. The quantitative estimate of drug-likeness (QED) is 0.447. The molecule has 2 heteroatoms. The predicted molar refractivity (Wildman–Crippen MR) is 99.9 cm³/mol. The van der Waals surface area contributed by atoms with Gasteiger partial charge in [0.15, 0.2) is 0 Å². The minimum absolute atomic E-state index is 0.271. The number of hydrogen-bond donors (Lipinski definition) is 1. The zero-order valence-corrected chi connectivity index (χ0v) is 13.9.